The highest BCUT2D eigenvalue weighted by atomic mass is 16.5. The maximum atomic E-state index is 11.1. The first kappa shape index (κ1) is 14.2. The van der Waals surface area contributed by atoms with E-state index >= 15 is 0 Å². The fourth-order valence-electron chi connectivity index (χ4n) is 3.05. The number of hydrogen-bond donors (Lipinski definition) is 2. The molecule has 0 atom stereocenters. The first-order valence-corrected chi connectivity index (χ1v) is 7.65. The molecule has 1 aromatic rings. The lowest BCUT2D eigenvalue weighted by Crippen LogP contribution is -2.34. The van der Waals surface area contributed by atoms with E-state index in [1.807, 2.05) is 12.1 Å². The van der Waals surface area contributed by atoms with Crippen LogP contribution in [-0.4, -0.2) is 42.3 Å². The van der Waals surface area contributed by atoms with Crippen LogP contribution in [0.2, 0.25) is 0 Å². The number of carboxylic acid groups (broad SMARTS) is 1. The summed E-state index contributed by atoms with van der Waals surface area (Å²) in [5, 5.41) is 12.4. The molecule has 2 aliphatic heterocycles. The van der Waals surface area contributed by atoms with E-state index < -0.39 is 6.09 Å². The van der Waals surface area contributed by atoms with Gasteiger partial charge in [-0.2, -0.15) is 0 Å². The van der Waals surface area contributed by atoms with Crippen LogP contribution in [0.4, 0.5) is 4.79 Å². The van der Waals surface area contributed by atoms with Crippen LogP contribution < -0.4 is 10.1 Å². The summed E-state index contributed by atoms with van der Waals surface area (Å²) in [4.78, 5) is 12.5. The standard InChI is InChI=1S/C16H22N2O3/c19-16(20)18-8-5-13-1-2-15(9-14(13)10-18)21-11-12-3-6-17-7-4-12/h1-2,9,12,17H,3-8,10-11H2,(H,19,20). The number of carbonyl (C=O) groups is 1. The number of ether oxygens (including phenoxy) is 1. The van der Waals surface area contributed by atoms with Gasteiger partial charge in [-0.3, -0.25) is 0 Å². The number of fused-ring (bicyclic) bond motifs is 1. The van der Waals surface area contributed by atoms with Gasteiger partial charge in [-0.15, -0.1) is 0 Å². The molecule has 0 aromatic heterocycles. The molecule has 0 aliphatic carbocycles. The molecule has 2 N–H and O–H groups in total. The van der Waals surface area contributed by atoms with Gasteiger partial charge in [-0.05, 0) is 61.5 Å². The molecule has 0 spiro atoms. The number of benzene rings is 1. The van der Waals surface area contributed by atoms with Crippen LogP contribution in [0, 0.1) is 5.92 Å². The van der Waals surface area contributed by atoms with E-state index in [1.54, 1.807) is 0 Å². The second kappa shape index (κ2) is 6.35. The topological polar surface area (TPSA) is 61.8 Å². The molecule has 2 aliphatic rings. The van der Waals surface area contributed by atoms with Crippen LogP contribution >= 0.6 is 0 Å². The summed E-state index contributed by atoms with van der Waals surface area (Å²) in [5.41, 5.74) is 2.31. The van der Waals surface area contributed by atoms with Gasteiger partial charge in [0.25, 0.3) is 0 Å². The Morgan fingerprint density at radius 1 is 1.33 bits per heavy atom. The van der Waals surface area contributed by atoms with Gasteiger partial charge < -0.3 is 20.1 Å². The van der Waals surface area contributed by atoms with Crippen molar-refractivity contribution >= 4 is 6.09 Å². The average Bonchev–Trinajstić information content (AvgIpc) is 2.53. The molecule has 3 rings (SSSR count). The van der Waals surface area contributed by atoms with Crippen LogP contribution in [0.15, 0.2) is 18.2 Å². The summed E-state index contributed by atoms with van der Waals surface area (Å²) in [7, 11) is 0. The smallest absolute Gasteiger partial charge is 0.407 e. The zero-order valence-electron chi connectivity index (χ0n) is 12.2. The number of hydrogen-bond acceptors (Lipinski definition) is 3. The third-order valence-electron chi connectivity index (χ3n) is 4.40. The number of piperidine rings is 1. The summed E-state index contributed by atoms with van der Waals surface area (Å²) in [6, 6.07) is 6.09. The maximum Gasteiger partial charge on any atom is 0.407 e. The maximum absolute atomic E-state index is 11.1. The Balaban J connectivity index is 1.62. The van der Waals surface area contributed by atoms with Gasteiger partial charge in [0.1, 0.15) is 5.75 Å². The molecule has 1 saturated heterocycles. The first-order chi connectivity index (χ1) is 10.2. The molecule has 5 nitrogen and oxygen atoms in total. The summed E-state index contributed by atoms with van der Waals surface area (Å²) in [6.07, 6.45) is 2.27. The minimum Gasteiger partial charge on any atom is -0.493 e. The fraction of sp³-hybridized carbons (Fsp3) is 0.562. The molecular weight excluding hydrogens is 268 g/mol. The number of nitrogens with one attached hydrogen (secondary N) is 1. The van der Waals surface area contributed by atoms with Crippen molar-refractivity contribution < 1.29 is 14.6 Å². The minimum absolute atomic E-state index is 0.467. The number of amides is 1. The molecule has 2 heterocycles. The van der Waals surface area contributed by atoms with Gasteiger partial charge in [-0.1, -0.05) is 6.07 Å². The third-order valence-corrected chi connectivity index (χ3v) is 4.40. The summed E-state index contributed by atoms with van der Waals surface area (Å²) in [5.74, 6) is 1.48. The van der Waals surface area contributed by atoms with Crippen molar-refractivity contribution in [1.82, 2.24) is 10.2 Å². The second-order valence-corrected chi connectivity index (χ2v) is 5.89. The van der Waals surface area contributed by atoms with Crippen LogP contribution in [0.25, 0.3) is 0 Å². The highest BCUT2D eigenvalue weighted by Crippen LogP contribution is 2.25. The van der Waals surface area contributed by atoms with Crippen molar-refractivity contribution in [2.75, 3.05) is 26.2 Å². The lowest BCUT2D eigenvalue weighted by molar-refractivity contribution is 0.139. The molecule has 0 unspecified atom stereocenters. The molecule has 21 heavy (non-hydrogen) atoms. The molecular formula is C16H22N2O3. The zero-order valence-corrected chi connectivity index (χ0v) is 12.2. The molecule has 0 bridgehead atoms. The summed E-state index contributed by atoms with van der Waals surface area (Å²) < 4.78 is 5.91. The van der Waals surface area contributed by atoms with Gasteiger partial charge in [0.15, 0.2) is 0 Å². The fourth-order valence-corrected chi connectivity index (χ4v) is 3.05. The Labute approximate surface area is 124 Å². The van der Waals surface area contributed by atoms with Crippen molar-refractivity contribution in [3.05, 3.63) is 29.3 Å². The molecule has 114 valence electrons. The van der Waals surface area contributed by atoms with E-state index in [1.165, 1.54) is 10.5 Å². The molecule has 0 radical (unpaired) electrons. The van der Waals surface area contributed by atoms with Crippen molar-refractivity contribution in [2.24, 2.45) is 5.92 Å². The number of nitrogens with zero attached hydrogens (tertiary/aromatic N) is 1. The number of rotatable bonds is 3. The summed E-state index contributed by atoms with van der Waals surface area (Å²) in [6.45, 7) is 3.95. The first-order valence-electron chi connectivity index (χ1n) is 7.65. The van der Waals surface area contributed by atoms with E-state index in [-0.39, 0.29) is 0 Å². The largest absolute Gasteiger partial charge is 0.493 e. The second-order valence-electron chi connectivity index (χ2n) is 5.89. The van der Waals surface area contributed by atoms with Gasteiger partial charge in [0.05, 0.1) is 6.61 Å². The van der Waals surface area contributed by atoms with Crippen molar-refractivity contribution in [3.63, 3.8) is 0 Å². The normalized spacial score (nSPS) is 19.1. The van der Waals surface area contributed by atoms with Gasteiger partial charge in [-0.25, -0.2) is 4.79 Å². The molecule has 1 fully saturated rings. The predicted octanol–water partition coefficient (Wildman–Crippen LogP) is 2.10. The van der Waals surface area contributed by atoms with Crippen molar-refractivity contribution in [1.29, 1.82) is 0 Å². The Hall–Kier alpha value is -1.75. The molecule has 0 saturated carbocycles. The third kappa shape index (κ3) is 3.47. The Morgan fingerprint density at radius 2 is 2.14 bits per heavy atom. The van der Waals surface area contributed by atoms with Gasteiger partial charge in [0.2, 0.25) is 0 Å². The van der Waals surface area contributed by atoms with Crippen LogP contribution in [0.5, 0.6) is 5.75 Å². The van der Waals surface area contributed by atoms with E-state index in [0.29, 0.717) is 19.0 Å². The van der Waals surface area contributed by atoms with Crippen LogP contribution in [0.1, 0.15) is 24.0 Å². The summed E-state index contributed by atoms with van der Waals surface area (Å²) >= 11 is 0. The average molecular weight is 290 g/mol. The van der Waals surface area contributed by atoms with Gasteiger partial charge in [0, 0.05) is 13.1 Å². The molecule has 1 amide bonds. The molecule has 5 heteroatoms. The van der Waals surface area contributed by atoms with Gasteiger partial charge >= 0.3 is 6.09 Å². The van der Waals surface area contributed by atoms with Crippen LogP contribution in [-0.2, 0) is 13.0 Å². The highest BCUT2D eigenvalue weighted by Gasteiger charge is 2.20. The Kier molecular flexibility index (Phi) is 4.29. The quantitative estimate of drug-likeness (QED) is 0.895. The Bertz CT molecular complexity index is 512. The Morgan fingerprint density at radius 3 is 2.90 bits per heavy atom. The lowest BCUT2D eigenvalue weighted by Gasteiger charge is -2.27. The van der Waals surface area contributed by atoms with E-state index in [0.717, 1.165) is 50.3 Å². The highest BCUT2D eigenvalue weighted by molar-refractivity contribution is 5.65. The van der Waals surface area contributed by atoms with Crippen molar-refractivity contribution in [3.8, 4) is 5.75 Å². The van der Waals surface area contributed by atoms with Crippen molar-refractivity contribution in [2.45, 2.75) is 25.8 Å². The van der Waals surface area contributed by atoms with Crippen LogP contribution in [0.3, 0.4) is 0 Å². The van der Waals surface area contributed by atoms with E-state index in [4.69, 9.17) is 9.84 Å². The minimum atomic E-state index is -0.846. The zero-order chi connectivity index (χ0) is 14.7. The monoisotopic (exact) mass is 290 g/mol. The lowest BCUT2D eigenvalue weighted by atomic mass is 9.98. The SMILES string of the molecule is O=C(O)N1CCc2ccc(OCC3CCNCC3)cc2C1. The predicted molar refractivity (Wildman–Crippen MR) is 79.7 cm³/mol. The van der Waals surface area contributed by atoms with E-state index in [9.17, 15) is 4.79 Å². The molecule has 1 aromatic carbocycles. The van der Waals surface area contributed by atoms with E-state index in [2.05, 4.69) is 11.4 Å².